The minimum absolute atomic E-state index is 0. The summed E-state index contributed by atoms with van der Waals surface area (Å²) < 4.78 is 116. The molecule has 0 rings (SSSR count). The van der Waals surface area contributed by atoms with Crippen LogP contribution in [0.1, 0.15) is 0 Å². The standard InChI is InChI=1S/4CHF3.Zr/c4*2-1(3)4;/h4*1H;. The predicted molar refractivity (Wildman–Crippen MR) is 28.4 cm³/mol. The van der Waals surface area contributed by atoms with E-state index in [1.165, 1.54) is 0 Å². The van der Waals surface area contributed by atoms with E-state index < -0.39 is 26.7 Å². The Morgan fingerprint density at radius 1 is 0.294 bits per heavy atom. The van der Waals surface area contributed by atoms with Crippen molar-refractivity contribution in [1.29, 1.82) is 0 Å². The summed E-state index contributed by atoms with van der Waals surface area (Å²) in [7, 11) is 0. The molecule has 0 aliphatic heterocycles. The molecule has 108 valence electrons. The molecule has 0 N–H and O–H groups in total. The van der Waals surface area contributed by atoms with Crippen LogP contribution in [0.15, 0.2) is 0 Å². The second-order valence-electron chi connectivity index (χ2n) is 0.990. The molecule has 0 aromatic heterocycles. The van der Waals surface area contributed by atoms with E-state index in [0.29, 0.717) is 0 Å². The smallest absolute Gasteiger partial charge is 0.174 e. The molecule has 0 atom stereocenters. The van der Waals surface area contributed by atoms with Gasteiger partial charge in [-0.2, -0.15) is 52.7 Å². The maximum Gasteiger partial charge on any atom is 0.379 e. The van der Waals surface area contributed by atoms with Crippen LogP contribution in [0, 0.1) is 0 Å². The maximum absolute atomic E-state index is 9.67. The van der Waals surface area contributed by atoms with Crippen LogP contribution in [0.5, 0.6) is 0 Å². The second-order valence-corrected chi connectivity index (χ2v) is 0.990. The third-order valence-corrected chi connectivity index (χ3v) is 0. The van der Waals surface area contributed by atoms with E-state index in [1.807, 2.05) is 0 Å². The number of hydrogen-bond acceptors (Lipinski definition) is 0. The first-order chi connectivity index (χ1) is 6.93. The molecule has 17 heavy (non-hydrogen) atoms. The summed E-state index contributed by atoms with van der Waals surface area (Å²) in [4.78, 5) is 0. The molecule has 0 aromatic rings. The largest absolute Gasteiger partial charge is 0.379 e. The Labute approximate surface area is 106 Å². The molecule has 0 aromatic carbocycles. The quantitative estimate of drug-likeness (QED) is 0.541. The normalized spacial score (nSPS) is 8.47. The van der Waals surface area contributed by atoms with Crippen molar-refractivity contribution in [1.82, 2.24) is 0 Å². The van der Waals surface area contributed by atoms with Gasteiger partial charge in [0.15, 0.2) is 0 Å². The third kappa shape index (κ3) is 1700000. The Morgan fingerprint density at radius 3 is 0.294 bits per heavy atom. The molecule has 0 saturated heterocycles. The zero-order chi connectivity index (χ0) is 14.3. The van der Waals surface area contributed by atoms with Crippen LogP contribution >= 0.6 is 0 Å². The van der Waals surface area contributed by atoms with Crippen LogP contribution in [-0.4, -0.2) is 26.7 Å². The fourth-order valence-corrected chi connectivity index (χ4v) is 0. The Bertz CT molecular complexity index is 61.5. The van der Waals surface area contributed by atoms with E-state index in [0.717, 1.165) is 0 Å². The second kappa shape index (κ2) is 25.0. The van der Waals surface area contributed by atoms with Gasteiger partial charge in [0.05, 0.1) is 0 Å². The number of rotatable bonds is 0. The van der Waals surface area contributed by atoms with Gasteiger partial charge in [-0.05, 0) is 0 Å². The van der Waals surface area contributed by atoms with Gasteiger partial charge >= 0.3 is 26.7 Å². The van der Waals surface area contributed by atoms with Crippen molar-refractivity contribution >= 4 is 0 Å². The average Bonchev–Trinajstić information content (AvgIpc) is 1.76. The molecule has 0 spiro atoms. The van der Waals surface area contributed by atoms with Crippen molar-refractivity contribution in [2.75, 3.05) is 0 Å². The number of hydrogen-bond donors (Lipinski definition) is 0. The van der Waals surface area contributed by atoms with E-state index in [1.54, 1.807) is 0 Å². The van der Waals surface area contributed by atoms with Gasteiger partial charge in [-0.15, -0.1) is 0 Å². The minimum atomic E-state index is -3.67. The van der Waals surface area contributed by atoms with E-state index in [4.69, 9.17) is 0 Å². The summed E-state index contributed by atoms with van der Waals surface area (Å²) in [5.41, 5.74) is 0. The minimum Gasteiger partial charge on any atom is -0.174 e. The molecule has 0 bridgehead atoms. The van der Waals surface area contributed by atoms with Crippen molar-refractivity contribution in [3.63, 3.8) is 0 Å². The number of alkyl halides is 12. The van der Waals surface area contributed by atoms with Crippen molar-refractivity contribution in [2.24, 2.45) is 0 Å². The molecule has 0 aliphatic carbocycles. The topological polar surface area (TPSA) is 0 Å². The number of halogens is 12. The summed E-state index contributed by atoms with van der Waals surface area (Å²) in [6.07, 6.45) is 0. The molecule has 0 heterocycles. The van der Waals surface area contributed by atoms with Gasteiger partial charge in [0.2, 0.25) is 0 Å². The van der Waals surface area contributed by atoms with Crippen molar-refractivity contribution < 1.29 is 78.9 Å². The SMILES string of the molecule is FC(F)F.FC(F)F.FC(F)F.FC(F)F.[Zr]. The van der Waals surface area contributed by atoms with Crippen LogP contribution in [0.4, 0.5) is 52.7 Å². The van der Waals surface area contributed by atoms with Gasteiger partial charge in [-0.25, -0.2) is 0 Å². The van der Waals surface area contributed by atoms with Crippen LogP contribution in [0.3, 0.4) is 0 Å². The Balaban J connectivity index is -0.0000000369. The third-order valence-electron chi connectivity index (χ3n) is 0. The Kier molecular flexibility index (Phi) is 44.5. The summed E-state index contributed by atoms with van der Waals surface area (Å²) in [6, 6.07) is 0. The molecule has 0 unspecified atom stereocenters. The molecule has 0 nitrogen and oxygen atoms in total. The molecule has 0 fully saturated rings. The van der Waals surface area contributed by atoms with Gasteiger partial charge < -0.3 is 0 Å². The van der Waals surface area contributed by atoms with Gasteiger partial charge in [-0.1, -0.05) is 0 Å². The van der Waals surface area contributed by atoms with Crippen LogP contribution in [0.25, 0.3) is 0 Å². The monoisotopic (exact) mass is 370 g/mol. The van der Waals surface area contributed by atoms with E-state index in [9.17, 15) is 52.7 Å². The molecule has 0 aliphatic rings. The van der Waals surface area contributed by atoms with Gasteiger partial charge in [0.1, 0.15) is 0 Å². The van der Waals surface area contributed by atoms with Crippen molar-refractivity contribution in [2.45, 2.75) is 26.7 Å². The van der Waals surface area contributed by atoms with Crippen molar-refractivity contribution in [3.05, 3.63) is 0 Å². The van der Waals surface area contributed by atoms with E-state index in [-0.39, 0.29) is 26.2 Å². The van der Waals surface area contributed by atoms with Crippen molar-refractivity contribution in [3.8, 4) is 0 Å². The molecule has 0 radical (unpaired) electrons. The molecule has 0 amide bonds. The van der Waals surface area contributed by atoms with Crippen LogP contribution < -0.4 is 0 Å². The van der Waals surface area contributed by atoms with E-state index in [2.05, 4.69) is 0 Å². The molecular formula is C4H4F12Zr. The summed E-state index contributed by atoms with van der Waals surface area (Å²) >= 11 is 0. The van der Waals surface area contributed by atoms with Gasteiger partial charge in [0, 0.05) is 26.2 Å². The summed E-state index contributed by atoms with van der Waals surface area (Å²) in [5.74, 6) is 0. The van der Waals surface area contributed by atoms with Crippen LogP contribution in [-0.2, 0) is 26.2 Å². The molecule has 13 heteroatoms. The molecular weight excluding hydrogens is 367 g/mol. The zero-order valence-corrected chi connectivity index (χ0v) is 9.80. The maximum atomic E-state index is 9.67. The summed E-state index contributed by atoms with van der Waals surface area (Å²) in [5, 5.41) is 0. The first-order valence-electron chi connectivity index (χ1n) is 2.62. The molecule has 0 saturated carbocycles. The van der Waals surface area contributed by atoms with E-state index >= 15 is 0 Å². The first-order valence-corrected chi connectivity index (χ1v) is 2.62. The van der Waals surface area contributed by atoms with Gasteiger partial charge in [-0.3, -0.25) is 0 Å². The summed E-state index contributed by atoms with van der Waals surface area (Å²) in [6.45, 7) is -14.7. The fourth-order valence-electron chi connectivity index (χ4n) is 0. The van der Waals surface area contributed by atoms with Gasteiger partial charge in [0.25, 0.3) is 0 Å². The fraction of sp³-hybridized carbons (Fsp3) is 1.00. The first kappa shape index (κ1) is 30.2. The average molecular weight is 371 g/mol. The zero-order valence-electron chi connectivity index (χ0n) is 7.34. The Morgan fingerprint density at radius 2 is 0.294 bits per heavy atom. The Hall–Kier alpha value is 0.0431. The predicted octanol–water partition coefficient (Wildman–Crippen LogP) is 4.71. The van der Waals surface area contributed by atoms with Crippen LogP contribution in [0.2, 0.25) is 0 Å².